The summed E-state index contributed by atoms with van der Waals surface area (Å²) in [5.74, 6) is -2.88. The van der Waals surface area contributed by atoms with E-state index < -0.39 is 17.7 Å². The predicted octanol–water partition coefficient (Wildman–Crippen LogP) is 1.32. The highest BCUT2D eigenvalue weighted by Crippen LogP contribution is 2.28. The molecule has 5 heteroatoms. The molecule has 0 spiro atoms. The van der Waals surface area contributed by atoms with Crippen molar-refractivity contribution in [1.29, 1.82) is 0 Å². The molecular formula is C14H14O5. The highest BCUT2D eigenvalue weighted by atomic mass is 16.5. The Morgan fingerprint density at radius 3 is 2.84 bits per heavy atom. The van der Waals surface area contributed by atoms with E-state index in [1.807, 2.05) is 13.0 Å². The molecule has 0 saturated heterocycles. The Kier molecular flexibility index (Phi) is 3.64. The van der Waals surface area contributed by atoms with E-state index in [1.54, 1.807) is 19.1 Å². The standard InChI is InChI=1S/C14H14O5/c1-3-18-14(17)13(16)10-7-19-11-5-4-8(2)6-9(11)12(10)15/h4-6,10H,3,7H2,1-2H3. The second-order valence-electron chi connectivity index (χ2n) is 4.31. The Hall–Kier alpha value is -2.17. The largest absolute Gasteiger partial charge is 0.492 e. The smallest absolute Gasteiger partial charge is 0.375 e. The van der Waals surface area contributed by atoms with Gasteiger partial charge in [0.05, 0.1) is 12.2 Å². The van der Waals surface area contributed by atoms with Crippen molar-refractivity contribution in [3.8, 4) is 5.75 Å². The topological polar surface area (TPSA) is 69.7 Å². The van der Waals surface area contributed by atoms with E-state index in [0.717, 1.165) is 5.56 Å². The average molecular weight is 262 g/mol. The van der Waals surface area contributed by atoms with Crippen molar-refractivity contribution in [1.82, 2.24) is 0 Å². The average Bonchev–Trinajstić information content (AvgIpc) is 2.39. The molecule has 19 heavy (non-hydrogen) atoms. The van der Waals surface area contributed by atoms with Crippen LogP contribution in [0.2, 0.25) is 0 Å². The first-order valence-electron chi connectivity index (χ1n) is 6.03. The summed E-state index contributed by atoms with van der Waals surface area (Å²) in [6.07, 6.45) is 0. The molecular weight excluding hydrogens is 248 g/mol. The normalized spacial score (nSPS) is 17.4. The zero-order valence-electron chi connectivity index (χ0n) is 10.8. The van der Waals surface area contributed by atoms with Gasteiger partial charge in [-0.25, -0.2) is 4.79 Å². The van der Waals surface area contributed by atoms with Crippen molar-refractivity contribution in [2.45, 2.75) is 13.8 Å². The molecule has 1 unspecified atom stereocenters. The Morgan fingerprint density at radius 2 is 2.16 bits per heavy atom. The van der Waals surface area contributed by atoms with Gasteiger partial charge in [0.2, 0.25) is 0 Å². The lowest BCUT2D eigenvalue weighted by molar-refractivity contribution is -0.155. The van der Waals surface area contributed by atoms with E-state index in [9.17, 15) is 14.4 Å². The number of aryl methyl sites for hydroxylation is 1. The van der Waals surface area contributed by atoms with Crippen LogP contribution in [-0.2, 0) is 14.3 Å². The second kappa shape index (κ2) is 5.22. The molecule has 1 aliphatic rings. The van der Waals surface area contributed by atoms with Crippen LogP contribution < -0.4 is 4.74 Å². The van der Waals surface area contributed by atoms with Crippen LogP contribution in [-0.4, -0.2) is 30.7 Å². The summed E-state index contributed by atoms with van der Waals surface area (Å²) in [6.45, 7) is 3.42. The molecule has 0 aromatic heterocycles. The number of fused-ring (bicyclic) bond motifs is 1. The Labute approximate surface area is 110 Å². The predicted molar refractivity (Wildman–Crippen MR) is 66.1 cm³/mol. The van der Waals surface area contributed by atoms with Gasteiger partial charge in [0, 0.05) is 0 Å². The lowest BCUT2D eigenvalue weighted by Crippen LogP contribution is -2.38. The van der Waals surface area contributed by atoms with Gasteiger partial charge >= 0.3 is 5.97 Å². The molecule has 100 valence electrons. The molecule has 2 rings (SSSR count). The van der Waals surface area contributed by atoms with Crippen LogP contribution in [0.25, 0.3) is 0 Å². The lowest BCUT2D eigenvalue weighted by Gasteiger charge is -2.22. The minimum Gasteiger partial charge on any atom is -0.492 e. The second-order valence-corrected chi connectivity index (χ2v) is 4.31. The van der Waals surface area contributed by atoms with Crippen LogP contribution in [0.1, 0.15) is 22.8 Å². The summed E-state index contributed by atoms with van der Waals surface area (Å²) in [5.41, 5.74) is 1.23. The summed E-state index contributed by atoms with van der Waals surface area (Å²) in [5, 5.41) is 0. The van der Waals surface area contributed by atoms with Gasteiger partial charge in [0.25, 0.3) is 5.78 Å². The van der Waals surface area contributed by atoms with E-state index >= 15 is 0 Å². The highest BCUT2D eigenvalue weighted by molar-refractivity contribution is 6.39. The van der Waals surface area contributed by atoms with Gasteiger partial charge in [-0.05, 0) is 26.0 Å². The third-order valence-corrected chi connectivity index (χ3v) is 2.92. The van der Waals surface area contributed by atoms with Crippen molar-refractivity contribution >= 4 is 17.5 Å². The SMILES string of the molecule is CCOC(=O)C(=O)C1COc2ccc(C)cc2C1=O. The van der Waals surface area contributed by atoms with E-state index in [4.69, 9.17) is 4.74 Å². The number of carbonyl (C=O) groups excluding carboxylic acids is 3. The van der Waals surface area contributed by atoms with Crippen molar-refractivity contribution in [2.75, 3.05) is 13.2 Å². The maximum absolute atomic E-state index is 12.2. The first-order valence-corrected chi connectivity index (χ1v) is 6.03. The van der Waals surface area contributed by atoms with Crippen molar-refractivity contribution in [3.05, 3.63) is 29.3 Å². The summed E-state index contributed by atoms with van der Waals surface area (Å²) in [6, 6.07) is 5.16. The van der Waals surface area contributed by atoms with E-state index in [-0.39, 0.29) is 19.0 Å². The molecule has 1 aromatic rings. The molecule has 1 aromatic carbocycles. The number of hydrogen-bond acceptors (Lipinski definition) is 5. The Bertz CT molecular complexity index is 547. The molecule has 0 bridgehead atoms. The number of benzene rings is 1. The van der Waals surface area contributed by atoms with Gasteiger partial charge in [0.15, 0.2) is 5.78 Å². The first kappa shape index (κ1) is 13.3. The molecule has 5 nitrogen and oxygen atoms in total. The monoisotopic (exact) mass is 262 g/mol. The van der Waals surface area contributed by atoms with Gasteiger partial charge in [-0.15, -0.1) is 0 Å². The fourth-order valence-electron chi connectivity index (χ4n) is 1.94. The van der Waals surface area contributed by atoms with Gasteiger partial charge in [-0.2, -0.15) is 0 Å². The third kappa shape index (κ3) is 2.50. The quantitative estimate of drug-likeness (QED) is 0.467. The summed E-state index contributed by atoms with van der Waals surface area (Å²) in [4.78, 5) is 35.4. The maximum atomic E-state index is 12.2. The molecule has 1 atom stereocenters. The van der Waals surface area contributed by atoms with Crippen LogP contribution in [0, 0.1) is 12.8 Å². The lowest BCUT2D eigenvalue weighted by atomic mass is 9.91. The first-order chi connectivity index (χ1) is 9.04. The minimum atomic E-state index is -1.10. The van der Waals surface area contributed by atoms with Gasteiger partial charge in [0.1, 0.15) is 18.3 Å². The molecule has 1 aliphatic heterocycles. The number of carbonyl (C=O) groups is 3. The van der Waals surface area contributed by atoms with Gasteiger partial charge < -0.3 is 9.47 Å². The number of Topliss-reactive ketones (excluding diaryl/α,β-unsaturated/α-hetero) is 2. The number of rotatable bonds is 3. The van der Waals surface area contributed by atoms with E-state index in [2.05, 4.69) is 4.74 Å². The van der Waals surface area contributed by atoms with Gasteiger partial charge in [-0.1, -0.05) is 11.6 Å². The van der Waals surface area contributed by atoms with Crippen LogP contribution in [0.15, 0.2) is 18.2 Å². The zero-order chi connectivity index (χ0) is 14.0. The van der Waals surface area contributed by atoms with Gasteiger partial charge in [-0.3, -0.25) is 9.59 Å². The fourth-order valence-corrected chi connectivity index (χ4v) is 1.94. The fraction of sp³-hybridized carbons (Fsp3) is 0.357. The van der Waals surface area contributed by atoms with Crippen molar-refractivity contribution in [3.63, 3.8) is 0 Å². The molecule has 0 aliphatic carbocycles. The number of ketones is 2. The molecule has 0 radical (unpaired) electrons. The number of hydrogen-bond donors (Lipinski definition) is 0. The molecule has 1 heterocycles. The van der Waals surface area contributed by atoms with E-state index in [0.29, 0.717) is 11.3 Å². The summed E-state index contributed by atoms with van der Waals surface area (Å²) >= 11 is 0. The molecule has 0 amide bonds. The van der Waals surface area contributed by atoms with Crippen molar-refractivity contribution in [2.24, 2.45) is 5.92 Å². The van der Waals surface area contributed by atoms with Crippen LogP contribution in [0.4, 0.5) is 0 Å². The minimum absolute atomic E-state index is 0.0992. The summed E-state index contributed by atoms with van der Waals surface area (Å²) in [7, 11) is 0. The Balaban J connectivity index is 2.26. The highest BCUT2D eigenvalue weighted by Gasteiger charge is 2.38. The van der Waals surface area contributed by atoms with Crippen LogP contribution in [0.3, 0.4) is 0 Å². The summed E-state index contributed by atoms with van der Waals surface area (Å²) < 4.78 is 9.98. The molecule has 0 fully saturated rings. The maximum Gasteiger partial charge on any atom is 0.375 e. The Morgan fingerprint density at radius 1 is 1.42 bits per heavy atom. The number of ether oxygens (including phenoxy) is 2. The number of esters is 1. The molecule has 0 N–H and O–H groups in total. The third-order valence-electron chi connectivity index (χ3n) is 2.92. The van der Waals surface area contributed by atoms with E-state index in [1.165, 1.54) is 0 Å². The van der Waals surface area contributed by atoms with Crippen LogP contribution >= 0.6 is 0 Å². The van der Waals surface area contributed by atoms with Crippen molar-refractivity contribution < 1.29 is 23.9 Å². The zero-order valence-corrected chi connectivity index (χ0v) is 10.8. The molecule has 0 saturated carbocycles. The van der Waals surface area contributed by atoms with Crippen LogP contribution in [0.5, 0.6) is 5.75 Å².